The molecule has 0 aromatic heterocycles. The quantitative estimate of drug-likeness (QED) is 0.575. The number of methoxy groups -OCH3 is 1. The standard InChI is InChI=1S/C19H21NO4/c1-24-19(23)16-9-7-14(8-10-16)17(20-11-12-21)13-18(22)15-5-3-2-4-6-15/h2-10,17,20-21H,11-13H2,1H3. The first kappa shape index (κ1) is 17.8. The van der Waals surface area contributed by atoms with E-state index in [1.165, 1.54) is 7.11 Å². The van der Waals surface area contributed by atoms with Crippen LogP contribution in [0.15, 0.2) is 54.6 Å². The van der Waals surface area contributed by atoms with Gasteiger partial charge in [-0.2, -0.15) is 0 Å². The van der Waals surface area contributed by atoms with Crippen molar-refractivity contribution in [3.8, 4) is 0 Å². The van der Waals surface area contributed by atoms with Crippen LogP contribution in [0.5, 0.6) is 0 Å². The fourth-order valence-corrected chi connectivity index (χ4v) is 2.44. The van der Waals surface area contributed by atoms with Gasteiger partial charge in [0.1, 0.15) is 0 Å². The molecule has 2 aromatic rings. The summed E-state index contributed by atoms with van der Waals surface area (Å²) in [7, 11) is 1.33. The van der Waals surface area contributed by atoms with Crippen molar-refractivity contribution >= 4 is 11.8 Å². The maximum Gasteiger partial charge on any atom is 0.337 e. The third-order valence-corrected chi connectivity index (χ3v) is 3.72. The molecule has 0 aliphatic rings. The molecule has 5 nitrogen and oxygen atoms in total. The number of Topliss-reactive ketones (excluding diaryl/α,β-unsaturated/α-hetero) is 1. The van der Waals surface area contributed by atoms with Crippen LogP contribution in [0.25, 0.3) is 0 Å². The summed E-state index contributed by atoms with van der Waals surface area (Å²) in [4.78, 5) is 23.9. The molecule has 0 aliphatic carbocycles. The number of carbonyl (C=O) groups excluding carboxylic acids is 2. The van der Waals surface area contributed by atoms with Crippen molar-refractivity contribution < 1.29 is 19.4 Å². The smallest absolute Gasteiger partial charge is 0.337 e. The number of esters is 1. The molecule has 0 fully saturated rings. The van der Waals surface area contributed by atoms with Crippen molar-refractivity contribution in [2.24, 2.45) is 0 Å². The van der Waals surface area contributed by atoms with Gasteiger partial charge >= 0.3 is 5.97 Å². The molecule has 0 heterocycles. The molecule has 1 unspecified atom stereocenters. The third-order valence-electron chi connectivity index (χ3n) is 3.72. The molecule has 0 radical (unpaired) electrons. The molecule has 0 saturated heterocycles. The fourth-order valence-electron chi connectivity index (χ4n) is 2.44. The number of ether oxygens (including phenoxy) is 1. The summed E-state index contributed by atoms with van der Waals surface area (Å²) in [5.41, 5.74) is 1.98. The Balaban J connectivity index is 2.15. The molecule has 2 aromatic carbocycles. The molecule has 0 aliphatic heterocycles. The van der Waals surface area contributed by atoms with Crippen LogP contribution < -0.4 is 5.32 Å². The third kappa shape index (κ3) is 4.75. The highest BCUT2D eigenvalue weighted by Gasteiger charge is 2.17. The van der Waals surface area contributed by atoms with Crippen molar-refractivity contribution in [1.82, 2.24) is 5.32 Å². The van der Waals surface area contributed by atoms with E-state index in [1.807, 2.05) is 18.2 Å². The van der Waals surface area contributed by atoms with Gasteiger partial charge in [-0.1, -0.05) is 42.5 Å². The summed E-state index contributed by atoms with van der Waals surface area (Å²) in [6, 6.07) is 15.8. The second kappa shape index (κ2) is 8.96. The lowest BCUT2D eigenvalue weighted by atomic mass is 9.97. The monoisotopic (exact) mass is 327 g/mol. The number of carbonyl (C=O) groups is 2. The lowest BCUT2D eigenvalue weighted by Crippen LogP contribution is -2.26. The molecule has 2 N–H and O–H groups in total. The molecule has 0 saturated carbocycles. The Morgan fingerprint density at radius 2 is 1.71 bits per heavy atom. The maximum atomic E-state index is 12.4. The molecule has 126 valence electrons. The van der Waals surface area contributed by atoms with Crippen LogP contribution in [0.3, 0.4) is 0 Å². The van der Waals surface area contributed by atoms with Crippen molar-refractivity contribution in [2.75, 3.05) is 20.3 Å². The summed E-state index contributed by atoms with van der Waals surface area (Å²) in [6.45, 7) is 0.363. The minimum Gasteiger partial charge on any atom is -0.465 e. The van der Waals surface area contributed by atoms with Gasteiger partial charge in [0.2, 0.25) is 0 Å². The van der Waals surface area contributed by atoms with E-state index < -0.39 is 5.97 Å². The first-order valence-corrected chi connectivity index (χ1v) is 7.76. The highest BCUT2D eigenvalue weighted by Crippen LogP contribution is 2.20. The second-order valence-corrected chi connectivity index (χ2v) is 5.34. The zero-order chi connectivity index (χ0) is 17.4. The Labute approximate surface area is 141 Å². The Morgan fingerprint density at radius 3 is 2.29 bits per heavy atom. The fraction of sp³-hybridized carbons (Fsp3) is 0.263. The zero-order valence-corrected chi connectivity index (χ0v) is 13.6. The van der Waals surface area contributed by atoms with Gasteiger partial charge in [0.05, 0.1) is 19.3 Å². The average molecular weight is 327 g/mol. The van der Waals surface area contributed by atoms with Gasteiger partial charge < -0.3 is 15.2 Å². The molecule has 0 bridgehead atoms. The molecule has 0 spiro atoms. The van der Waals surface area contributed by atoms with E-state index in [0.29, 0.717) is 17.7 Å². The van der Waals surface area contributed by atoms with E-state index in [4.69, 9.17) is 5.11 Å². The lowest BCUT2D eigenvalue weighted by molar-refractivity contribution is 0.0600. The van der Waals surface area contributed by atoms with Gasteiger partial charge in [-0.3, -0.25) is 4.79 Å². The van der Waals surface area contributed by atoms with E-state index in [2.05, 4.69) is 10.1 Å². The van der Waals surface area contributed by atoms with Crippen molar-refractivity contribution in [1.29, 1.82) is 0 Å². The van der Waals surface area contributed by atoms with Crippen LogP contribution in [0, 0.1) is 0 Å². The van der Waals surface area contributed by atoms with Crippen LogP contribution >= 0.6 is 0 Å². The molecule has 24 heavy (non-hydrogen) atoms. The predicted molar refractivity (Wildman–Crippen MR) is 91.0 cm³/mol. The minimum atomic E-state index is -0.401. The topological polar surface area (TPSA) is 75.6 Å². The van der Waals surface area contributed by atoms with E-state index in [9.17, 15) is 9.59 Å². The largest absolute Gasteiger partial charge is 0.465 e. The number of aliphatic hydroxyl groups excluding tert-OH is 1. The SMILES string of the molecule is COC(=O)c1ccc(C(CC(=O)c2ccccc2)NCCO)cc1. The number of nitrogens with one attached hydrogen (secondary N) is 1. The van der Waals surface area contributed by atoms with E-state index in [0.717, 1.165) is 5.56 Å². The number of ketones is 1. The molecule has 2 rings (SSSR count). The second-order valence-electron chi connectivity index (χ2n) is 5.34. The first-order valence-electron chi connectivity index (χ1n) is 7.76. The Hall–Kier alpha value is -2.50. The zero-order valence-electron chi connectivity index (χ0n) is 13.6. The average Bonchev–Trinajstić information content (AvgIpc) is 2.65. The highest BCUT2D eigenvalue weighted by atomic mass is 16.5. The number of aliphatic hydroxyl groups is 1. The van der Waals surface area contributed by atoms with Gasteiger partial charge in [-0.15, -0.1) is 0 Å². The normalized spacial score (nSPS) is 11.8. The van der Waals surface area contributed by atoms with Crippen LogP contribution in [0.4, 0.5) is 0 Å². The number of benzene rings is 2. The number of hydrogen-bond donors (Lipinski definition) is 2. The highest BCUT2D eigenvalue weighted by molar-refractivity contribution is 5.96. The van der Waals surface area contributed by atoms with Gasteiger partial charge in [0.15, 0.2) is 5.78 Å². The van der Waals surface area contributed by atoms with E-state index in [1.54, 1.807) is 36.4 Å². The summed E-state index contributed by atoms with van der Waals surface area (Å²) in [5, 5.41) is 12.2. The molecular weight excluding hydrogens is 306 g/mol. The van der Waals surface area contributed by atoms with Crippen LogP contribution in [-0.2, 0) is 4.74 Å². The van der Waals surface area contributed by atoms with Crippen molar-refractivity contribution in [3.63, 3.8) is 0 Å². The van der Waals surface area contributed by atoms with E-state index in [-0.39, 0.29) is 24.9 Å². The van der Waals surface area contributed by atoms with Crippen molar-refractivity contribution in [3.05, 3.63) is 71.3 Å². The lowest BCUT2D eigenvalue weighted by Gasteiger charge is -2.18. The summed E-state index contributed by atoms with van der Waals surface area (Å²) < 4.78 is 4.68. The van der Waals surface area contributed by atoms with Gasteiger partial charge in [-0.05, 0) is 17.7 Å². The van der Waals surface area contributed by atoms with Crippen LogP contribution in [0.2, 0.25) is 0 Å². The molecule has 5 heteroatoms. The molecular formula is C19H21NO4. The molecule has 1 atom stereocenters. The van der Waals surface area contributed by atoms with Gasteiger partial charge in [-0.25, -0.2) is 4.79 Å². The van der Waals surface area contributed by atoms with Crippen molar-refractivity contribution in [2.45, 2.75) is 12.5 Å². The predicted octanol–water partition coefficient (Wildman–Crippen LogP) is 2.37. The van der Waals surface area contributed by atoms with Gasteiger partial charge in [0.25, 0.3) is 0 Å². The maximum absolute atomic E-state index is 12.4. The molecule has 0 amide bonds. The van der Waals surface area contributed by atoms with Crippen LogP contribution in [0.1, 0.15) is 38.7 Å². The van der Waals surface area contributed by atoms with E-state index >= 15 is 0 Å². The summed E-state index contributed by atoms with van der Waals surface area (Å²) in [5.74, 6) is -0.384. The summed E-state index contributed by atoms with van der Waals surface area (Å²) >= 11 is 0. The Bertz CT molecular complexity index is 668. The summed E-state index contributed by atoms with van der Waals surface area (Å²) in [6.07, 6.45) is 0.265. The first-order chi connectivity index (χ1) is 11.7. The number of rotatable bonds is 8. The van der Waals surface area contributed by atoms with Gasteiger partial charge in [0, 0.05) is 24.6 Å². The minimum absolute atomic E-state index is 0.0167. The Kier molecular flexibility index (Phi) is 6.66. The number of hydrogen-bond acceptors (Lipinski definition) is 5. The van der Waals surface area contributed by atoms with Crippen LogP contribution in [-0.4, -0.2) is 37.1 Å². The Morgan fingerprint density at radius 1 is 1.04 bits per heavy atom.